The van der Waals surface area contributed by atoms with Crippen LogP contribution < -0.4 is 4.74 Å². The molecule has 1 aromatic carbocycles. The molecule has 0 aliphatic carbocycles. The minimum absolute atomic E-state index is 0.0283. The number of carbonyl (C=O) groups excluding carboxylic acids is 2. The van der Waals surface area contributed by atoms with Gasteiger partial charge in [0.05, 0.1) is 30.6 Å². The van der Waals surface area contributed by atoms with Gasteiger partial charge in [0.1, 0.15) is 17.9 Å². The normalized spacial score (nSPS) is 17.6. The summed E-state index contributed by atoms with van der Waals surface area (Å²) in [6, 6.07) is 6.73. The number of H-pyrrole nitrogens is 1. The first kappa shape index (κ1) is 29.6. The van der Waals surface area contributed by atoms with E-state index in [0.29, 0.717) is 36.7 Å². The molecule has 2 aromatic heterocycles. The van der Waals surface area contributed by atoms with E-state index in [-0.39, 0.29) is 29.0 Å². The van der Waals surface area contributed by atoms with E-state index < -0.39 is 35.5 Å². The van der Waals surface area contributed by atoms with Gasteiger partial charge in [-0.25, -0.2) is 9.78 Å². The van der Waals surface area contributed by atoms with Crippen molar-refractivity contribution in [2.24, 2.45) is 0 Å². The summed E-state index contributed by atoms with van der Waals surface area (Å²) >= 11 is 0. The Morgan fingerprint density at radius 1 is 1.19 bits per heavy atom. The van der Waals surface area contributed by atoms with Gasteiger partial charge >= 0.3 is 18.0 Å². The van der Waals surface area contributed by atoms with Crippen LogP contribution in [0.3, 0.4) is 0 Å². The summed E-state index contributed by atoms with van der Waals surface area (Å²) in [7, 11) is 0. The number of esters is 1. The average molecular weight is 591 g/mol. The minimum atomic E-state index is -4.80. The van der Waals surface area contributed by atoms with E-state index in [0.717, 1.165) is 19.6 Å². The van der Waals surface area contributed by atoms with Crippen LogP contribution in [0.5, 0.6) is 5.75 Å². The largest absolute Gasteiger partial charge is 0.492 e. The fourth-order valence-electron chi connectivity index (χ4n) is 5.19. The third kappa shape index (κ3) is 6.16. The van der Waals surface area contributed by atoms with Gasteiger partial charge in [-0.3, -0.25) is 9.69 Å². The van der Waals surface area contributed by atoms with Crippen molar-refractivity contribution in [3.63, 3.8) is 0 Å². The number of carbonyl (C=O) groups is 2. The smallest absolute Gasteiger partial charge is 0.469 e. The van der Waals surface area contributed by atoms with Crippen LogP contribution in [-0.4, -0.2) is 83.7 Å². The summed E-state index contributed by atoms with van der Waals surface area (Å²) in [5.41, 5.74) is -0.432. The summed E-state index contributed by atoms with van der Waals surface area (Å²) in [6.45, 7) is 11.1. The van der Waals surface area contributed by atoms with E-state index in [1.54, 1.807) is 52.0 Å². The van der Waals surface area contributed by atoms with Gasteiger partial charge in [-0.15, -0.1) is 0 Å². The Kier molecular flexibility index (Phi) is 8.08. The predicted octanol–water partition coefficient (Wildman–Crippen LogP) is 4.61. The zero-order valence-corrected chi connectivity index (χ0v) is 23.8. The van der Waals surface area contributed by atoms with Crippen LogP contribution >= 0.6 is 0 Å². The minimum Gasteiger partial charge on any atom is -0.492 e. The van der Waals surface area contributed by atoms with Gasteiger partial charge in [0.25, 0.3) is 5.91 Å². The van der Waals surface area contributed by atoms with Crippen molar-refractivity contribution in [3.05, 3.63) is 53.2 Å². The highest BCUT2D eigenvalue weighted by atomic mass is 19.4. The number of hydrogen-bond donors (Lipinski definition) is 1. The van der Waals surface area contributed by atoms with E-state index in [9.17, 15) is 22.8 Å². The van der Waals surface area contributed by atoms with Crippen molar-refractivity contribution in [1.29, 1.82) is 0 Å². The molecule has 0 bridgehead atoms. The number of rotatable bonds is 7. The molecule has 4 heterocycles. The Morgan fingerprint density at radius 3 is 2.62 bits per heavy atom. The summed E-state index contributed by atoms with van der Waals surface area (Å²) < 4.78 is 61.9. The number of ether oxygens (including phenoxy) is 3. The van der Waals surface area contributed by atoms with Gasteiger partial charge in [0.15, 0.2) is 0 Å². The number of hydrogen-bond acceptors (Lipinski definition) is 8. The van der Waals surface area contributed by atoms with E-state index in [1.807, 2.05) is 0 Å². The molecule has 0 saturated carbocycles. The molecule has 42 heavy (non-hydrogen) atoms. The lowest BCUT2D eigenvalue weighted by molar-refractivity contribution is -0.156. The Bertz CT molecular complexity index is 1500. The summed E-state index contributed by atoms with van der Waals surface area (Å²) in [5.74, 6) is -2.06. The van der Waals surface area contributed by atoms with Crippen LogP contribution in [-0.2, 0) is 25.9 Å². The molecule has 5 rings (SSSR count). The van der Waals surface area contributed by atoms with Crippen molar-refractivity contribution in [3.8, 4) is 5.75 Å². The highest BCUT2D eigenvalue weighted by molar-refractivity contribution is 6.18. The van der Waals surface area contributed by atoms with Gasteiger partial charge < -0.3 is 28.5 Å². The monoisotopic (exact) mass is 590 g/mol. The maximum atomic E-state index is 13.8. The van der Waals surface area contributed by atoms with Crippen LogP contribution in [0.2, 0.25) is 0 Å². The number of oxazole rings is 1. The first-order valence-electron chi connectivity index (χ1n) is 13.7. The fraction of sp³-hybridized carbons (Fsp3) is 0.483. The zero-order valence-electron chi connectivity index (χ0n) is 23.8. The number of alkyl halides is 3. The lowest BCUT2D eigenvalue weighted by Crippen LogP contribution is -2.38. The first-order chi connectivity index (χ1) is 19.8. The summed E-state index contributed by atoms with van der Waals surface area (Å²) in [4.78, 5) is 37.2. The quantitative estimate of drug-likeness (QED) is 0.398. The van der Waals surface area contributed by atoms with E-state index in [1.165, 1.54) is 11.1 Å². The number of halogens is 3. The average Bonchev–Trinajstić information content (AvgIpc) is 3.46. The first-order valence-corrected chi connectivity index (χ1v) is 13.7. The van der Waals surface area contributed by atoms with Gasteiger partial charge in [-0.2, -0.15) is 13.2 Å². The zero-order chi connectivity index (χ0) is 30.2. The molecule has 0 radical (unpaired) electrons. The van der Waals surface area contributed by atoms with Gasteiger partial charge in [-0.1, -0.05) is 19.9 Å². The Morgan fingerprint density at radius 2 is 1.93 bits per heavy atom. The van der Waals surface area contributed by atoms with Gasteiger partial charge in [-0.05, 0) is 32.0 Å². The molecule has 0 spiro atoms. The molecule has 226 valence electrons. The highest BCUT2D eigenvalue weighted by Crippen LogP contribution is 2.42. The number of fused-ring (bicyclic) bond motifs is 3. The number of morpholine rings is 1. The van der Waals surface area contributed by atoms with Crippen LogP contribution in [0.1, 0.15) is 55.2 Å². The van der Waals surface area contributed by atoms with E-state index in [2.05, 4.69) is 14.9 Å². The molecule has 0 atom stereocenters. The molecular weight excluding hydrogens is 557 g/mol. The molecule has 2 aliphatic rings. The number of nitrogens with one attached hydrogen (secondary N) is 1. The van der Waals surface area contributed by atoms with Crippen LogP contribution in [0, 0.1) is 0 Å². The van der Waals surface area contributed by atoms with E-state index in [4.69, 9.17) is 18.6 Å². The molecule has 1 N–H and O–H groups in total. The second kappa shape index (κ2) is 11.4. The van der Waals surface area contributed by atoms with Crippen LogP contribution in [0.4, 0.5) is 13.2 Å². The van der Waals surface area contributed by atoms with Gasteiger partial charge in [0.2, 0.25) is 5.71 Å². The van der Waals surface area contributed by atoms with Crippen LogP contribution in [0.25, 0.3) is 16.8 Å². The predicted molar refractivity (Wildman–Crippen MR) is 146 cm³/mol. The van der Waals surface area contributed by atoms with Crippen molar-refractivity contribution in [1.82, 2.24) is 19.8 Å². The van der Waals surface area contributed by atoms with Crippen molar-refractivity contribution >= 4 is 28.7 Å². The Hall–Kier alpha value is -3.84. The lowest BCUT2D eigenvalue weighted by Gasteiger charge is -2.29. The Balaban J connectivity index is 1.46. The van der Waals surface area contributed by atoms with Crippen LogP contribution in [0.15, 0.2) is 34.9 Å². The summed E-state index contributed by atoms with van der Waals surface area (Å²) in [5, 5.41) is 0. The molecule has 1 amide bonds. The highest BCUT2D eigenvalue weighted by Gasteiger charge is 2.43. The third-order valence-electron chi connectivity index (χ3n) is 7.08. The Labute approximate surface area is 240 Å². The van der Waals surface area contributed by atoms with E-state index >= 15 is 0 Å². The summed E-state index contributed by atoms with van der Waals surface area (Å²) in [6.07, 6.45) is -3.91. The second-order valence-electron chi connectivity index (χ2n) is 11.2. The number of amides is 1. The molecule has 13 heteroatoms. The SMILES string of the molecule is CC(C)OC(=O)C1=CN(C(=O)c2cccc(OCCN3CCOCC3)c2)CC(C)(C)c2c1[nH]c1oc(C(F)(F)F)nc21. The molecule has 1 saturated heterocycles. The maximum absolute atomic E-state index is 13.8. The molecule has 3 aromatic rings. The number of nitrogens with zero attached hydrogens (tertiary/aromatic N) is 3. The molecule has 2 aliphatic heterocycles. The molecular formula is C29H33F3N4O6. The molecule has 1 fully saturated rings. The lowest BCUT2D eigenvalue weighted by atomic mass is 9.83. The maximum Gasteiger partial charge on any atom is 0.469 e. The fourth-order valence-corrected chi connectivity index (χ4v) is 5.19. The number of aromatic amines is 1. The molecule has 0 unspecified atom stereocenters. The van der Waals surface area contributed by atoms with Crippen molar-refractivity contribution in [2.45, 2.75) is 45.4 Å². The third-order valence-corrected chi connectivity index (χ3v) is 7.08. The topological polar surface area (TPSA) is 110 Å². The number of aromatic nitrogens is 2. The van der Waals surface area contributed by atoms with Crippen molar-refractivity contribution < 1.29 is 41.4 Å². The second-order valence-corrected chi connectivity index (χ2v) is 11.2. The number of benzene rings is 1. The van der Waals surface area contributed by atoms with Crippen molar-refractivity contribution in [2.75, 3.05) is 46.0 Å². The molecule has 10 nitrogen and oxygen atoms in total. The van der Waals surface area contributed by atoms with Gasteiger partial charge in [0, 0.05) is 48.9 Å². The standard InChI is InChI=1S/C29H33F3N4O6/c1-17(2)41-26(38)20-15-36(16-28(3,4)21-22(20)33-24-23(21)34-27(42-24)29(30,31)32)25(37)18-6-5-7-19(14-18)40-13-10-35-8-11-39-12-9-35/h5-7,14-15,17,33H,8-13,16H2,1-4H3.